The molecule has 0 spiro atoms. The number of rotatable bonds is 6. The maximum Gasteiger partial charge on any atom is 0.274 e. The number of nitrogens with one attached hydrogen (secondary N) is 1. The minimum atomic E-state index is -1.24. The van der Waals surface area contributed by atoms with E-state index in [4.69, 9.17) is 0 Å². The number of carbonyl (C=O) groups excluding carboxylic acids is 2. The van der Waals surface area contributed by atoms with Crippen molar-refractivity contribution in [1.82, 2.24) is 14.9 Å². The van der Waals surface area contributed by atoms with Crippen molar-refractivity contribution in [2.45, 2.75) is 63.7 Å². The van der Waals surface area contributed by atoms with Crippen LogP contribution in [0.5, 0.6) is 0 Å². The molecule has 5 rings (SSSR count). The lowest BCUT2D eigenvalue weighted by Crippen LogP contribution is -2.49. The molecule has 1 aromatic carbocycles. The molecule has 216 valence electrons. The van der Waals surface area contributed by atoms with E-state index in [0.717, 1.165) is 24.3 Å². The Balaban J connectivity index is 1.39. The zero-order chi connectivity index (χ0) is 29.5. The summed E-state index contributed by atoms with van der Waals surface area (Å²) < 4.78 is 45.0. The van der Waals surface area contributed by atoms with Gasteiger partial charge in [-0.2, -0.15) is 0 Å². The average molecular weight is 569 g/mol. The van der Waals surface area contributed by atoms with Gasteiger partial charge in [-0.15, -0.1) is 0 Å². The average Bonchev–Trinajstić information content (AvgIpc) is 3.32. The van der Waals surface area contributed by atoms with Crippen LogP contribution in [0.15, 0.2) is 42.7 Å². The second kappa shape index (κ2) is 11.2. The summed E-state index contributed by atoms with van der Waals surface area (Å²) in [6, 6.07) is 5.81. The summed E-state index contributed by atoms with van der Waals surface area (Å²) in [6.45, 7) is 3.97. The van der Waals surface area contributed by atoms with E-state index in [1.54, 1.807) is 19.2 Å². The molecule has 0 bridgehead atoms. The monoisotopic (exact) mass is 568 g/mol. The van der Waals surface area contributed by atoms with E-state index in [1.165, 1.54) is 11.1 Å². The predicted octanol–water partition coefficient (Wildman–Crippen LogP) is 4.56. The Bertz CT molecular complexity index is 1460. The molecule has 3 aromatic rings. The Labute approximate surface area is 235 Å². The van der Waals surface area contributed by atoms with Gasteiger partial charge in [0, 0.05) is 25.7 Å². The summed E-state index contributed by atoms with van der Waals surface area (Å²) in [4.78, 5) is 34.6. The SMILES string of the molecule is C[C@@H]1C[C@H](c2ccncc2NC(=O)c2ccc(F)c(-c3c(F)cc(CN4CCCC4=O)cc3F)n2)C[C@H](O)[C@@]1(C)O. The largest absolute Gasteiger partial charge is 0.390 e. The van der Waals surface area contributed by atoms with Crippen molar-refractivity contribution < 1.29 is 33.0 Å². The van der Waals surface area contributed by atoms with Gasteiger partial charge in [0.15, 0.2) is 0 Å². The summed E-state index contributed by atoms with van der Waals surface area (Å²) in [5.41, 5.74) is -1.63. The summed E-state index contributed by atoms with van der Waals surface area (Å²) in [5.74, 6) is -4.40. The number of likely N-dealkylation sites (tertiary alicyclic amines) is 1. The Kier molecular flexibility index (Phi) is 7.85. The summed E-state index contributed by atoms with van der Waals surface area (Å²) >= 11 is 0. The first kappa shape index (κ1) is 28.7. The van der Waals surface area contributed by atoms with Crippen LogP contribution in [0.1, 0.15) is 67.1 Å². The highest BCUT2D eigenvalue weighted by Gasteiger charge is 2.43. The molecular formula is C30H31F3N4O4. The van der Waals surface area contributed by atoms with Gasteiger partial charge in [0.05, 0.1) is 29.2 Å². The Morgan fingerprint density at radius 3 is 2.54 bits per heavy atom. The Hall–Kier alpha value is -3.83. The van der Waals surface area contributed by atoms with Crippen molar-refractivity contribution in [3.05, 3.63) is 77.0 Å². The number of pyridine rings is 2. The number of aromatic nitrogens is 2. The smallest absolute Gasteiger partial charge is 0.274 e. The minimum absolute atomic E-state index is 0.0348. The predicted molar refractivity (Wildman–Crippen MR) is 144 cm³/mol. The molecule has 1 aliphatic carbocycles. The molecule has 2 fully saturated rings. The maximum absolute atomic E-state index is 15.1. The molecule has 2 aromatic heterocycles. The van der Waals surface area contributed by atoms with Gasteiger partial charge in [0.25, 0.3) is 5.91 Å². The Morgan fingerprint density at radius 1 is 1.15 bits per heavy atom. The number of anilines is 1. The molecule has 0 unspecified atom stereocenters. The highest BCUT2D eigenvalue weighted by Crippen LogP contribution is 2.43. The van der Waals surface area contributed by atoms with Gasteiger partial charge >= 0.3 is 0 Å². The molecule has 1 saturated carbocycles. The van der Waals surface area contributed by atoms with Crippen LogP contribution in [-0.4, -0.2) is 55.1 Å². The van der Waals surface area contributed by atoms with Crippen LogP contribution < -0.4 is 5.32 Å². The number of nitrogens with zero attached hydrogens (tertiary/aromatic N) is 3. The van der Waals surface area contributed by atoms with Crippen LogP contribution in [0, 0.1) is 23.4 Å². The lowest BCUT2D eigenvalue weighted by Gasteiger charge is -2.43. The molecule has 1 saturated heterocycles. The van der Waals surface area contributed by atoms with Gasteiger partial charge in [-0.3, -0.25) is 14.6 Å². The van der Waals surface area contributed by atoms with E-state index in [9.17, 15) is 24.2 Å². The molecule has 8 nitrogen and oxygen atoms in total. The van der Waals surface area contributed by atoms with Gasteiger partial charge in [-0.1, -0.05) is 6.92 Å². The second-order valence-electron chi connectivity index (χ2n) is 11.1. The van der Waals surface area contributed by atoms with Crippen molar-refractivity contribution >= 4 is 17.5 Å². The molecule has 4 atom stereocenters. The first-order valence-corrected chi connectivity index (χ1v) is 13.5. The minimum Gasteiger partial charge on any atom is -0.390 e. The zero-order valence-electron chi connectivity index (χ0n) is 22.7. The van der Waals surface area contributed by atoms with Gasteiger partial charge in [0.1, 0.15) is 28.8 Å². The number of benzene rings is 1. The number of halogens is 3. The fraction of sp³-hybridized carbons (Fsp3) is 0.400. The summed E-state index contributed by atoms with van der Waals surface area (Å²) in [5, 5.41) is 23.8. The Morgan fingerprint density at radius 2 is 1.88 bits per heavy atom. The van der Waals surface area contributed by atoms with Crippen molar-refractivity contribution in [3.8, 4) is 11.3 Å². The van der Waals surface area contributed by atoms with E-state index < -0.39 is 46.3 Å². The van der Waals surface area contributed by atoms with Crippen LogP contribution in [-0.2, 0) is 11.3 Å². The van der Waals surface area contributed by atoms with Gasteiger partial charge in [-0.05, 0) is 79.5 Å². The van der Waals surface area contributed by atoms with Gasteiger partial charge in [-0.25, -0.2) is 18.2 Å². The molecule has 3 heterocycles. The number of carbonyl (C=O) groups is 2. The molecule has 2 amide bonds. The lowest BCUT2D eigenvalue weighted by molar-refractivity contribution is -0.128. The highest BCUT2D eigenvalue weighted by molar-refractivity contribution is 6.03. The number of aliphatic hydroxyl groups is 2. The molecule has 2 aliphatic rings. The number of hydrogen-bond donors (Lipinski definition) is 3. The van der Waals surface area contributed by atoms with Crippen molar-refractivity contribution in [1.29, 1.82) is 0 Å². The number of amides is 2. The molecule has 11 heteroatoms. The quantitative estimate of drug-likeness (QED) is 0.402. The summed E-state index contributed by atoms with van der Waals surface area (Å²) in [6.07, 6.45) is 3.90. The third-order valence-corrected chi connectivity index (χ3v) is 8.32. The number of hydrogen-bond acceptors (Lipinski definition) is 6. The van der Waals surface area contributed by atoms with Gasteiger partial charge in [0.2, 0.25) is 5.91 Å². The molecular weight excluding hydrogens is 537 g/mol. The van der Waals surface area contributed by atoms with Crippen LogP contribution in [0.25, 0.3) is 11.3 Å². The van der Waals surface area contributed by atoms with E-state index in [2.05, 4.69) is 15.3 Å². The second-order valence-corrected chi connectivity index (χ2v) is 11.1. The van der Waals surface area contributed by atoms with Crippen LogP contribution in [0.3, 0.4) is 0 Å². The normalized spacial score (nSPS) is 24.5. The zero-order valence-corrected chi connectivity index (χ0v) is 22.7. The highest BCUT2D eigenvalue weighted by atomic mass is 19.1. The van der Waals surface area contributed by atoms with Crippen LogP contribution in [0.4, 0.5) is 18.9 Å². The molecule has 41 heavy (non-hydrogen) atoms. The third kappa shape index (κ3) is 5.69. The molecule has 3 N–H and O–H groups in total. The topological polar surface area (TPSA) is 116 Å². The van der Waals surface area contributed by atoms with Gasteiger partial charge < -0.3 is 20.4 Å². The standard InChI is InChI=1S/C30H31F3N4O4/c1-16-10-18(13-25(38)30(16,2)41)19-7-8-34-14-24(19)36-29(40)23-6-5-20(31)28(35-23)27-21(32)11-17(12-22(27)33)15-37-9-3-4-26(37)39/h5-8,11-12,14,16,18,25,38,41H,3-4,9-10,13,15H2,1-2H3,(H,36,40)/t16-,18+,25+,30+/m1/s1. The lowest BCUT2D eigenvalue weighted by atomic mass is 9.69. The van der Waals surface area contributed by atoms with Crippen LogP contribution in [0.2, 0.25) is 0 Å². The van der Waals surface area contributed by atoms with E-state index >= 15 is 8.78 Å². The molecule has 1 aliphatic heterocycles. The molecule has 0 radical (unpaired) electrons. The van der Waals surface area contributed by atoms with E-state index in [1.807, 2.05) is 6.92 Å². The maximum atomic E-state index is 15.1. The first-order chi connectivity index (χ1) is 19.5. The number of aliphatic hydroxyl groups excluding tert-OH is 1. The van der Waals surface area contributed by atoms with E-state index in [0.29, 0.717) is 37.1 Å². The van der Waals surface area contributed by atoms with Crippen LogP contribution >= 0.6 is 0 Å². The fourth-order valence-electron chi connectivity index (χ4n) is 5.68. The van der Waals surface area contributed by atoms with Crippen molar-refractivity contribution in [2.75, 3.05) is 11.9 Å². The van der Waals surface area contributed by atoms with E-state index in [-0.39, 0.29) is 42.0 Å². The van der Waals surface area contributed by atoms with Crippen molar-refractivity contribution in [3.63, 3.8) is 0 Å². The summed E-state index contributed by atoms with van der Waals surface area (Å²) in [7, 11) is 0. The van der Waals surface area contributed by atoms with Crippen molar-refractivity contribution in [2.24, 2.45) is 5.92 Å². The fourth-order valence-corrected chi connectivity index (χ4v) is 5.68. The third-order valence-electron chi connectivity index (χ3n) is 8.32. The first-order valence-electron chi connectivity index (χ1n) is 13.5.